The molecule has 0 spiro atoms. The van der Waals surface area contributed by atoms with E-state index in [-0.39, 0.29) is 12.5 Å². The highest BCUT2D eigenvalue weighted by Crippen LogP contribution is 2.21. The molecule has 0 saturated carbocycles. The Morgan fingerprint density at radius 1 is 0.821 bits per heavy atom. The zero-order valence-electron chi connectivity index (χ0n) is 22.9. The summed E-state index contributed by atoms with van der Waals surface area (Å²) in [5.41, 5.74) is 2.11. The minimum absolute atomic E-state index is 0.156. The van der Waals surface area contributed by atoms with E-state index in [1.54, 1.807) is 30.3 Å². The molecule has 1 N–H and O–H groups in total. The number of rotatable bonds is 14. The maximum absolute atomic E-state index is 14.1. The number of unbranched alkanes of at least 4 members (excludes halogenated alkanes) is 1. The molecule has 0 aliphatic heterocycles. The summed E-state index contributed by atoms with van der Waals surface area (Å²) in [5.74, 6) is -0.738. The van der Waals surface area contributed by atoms with Crippen LogP contribution in [0.4, 0.5) is 5.69 Å². The number of nitrogens with zero attached hydrogens (tertiary/aromatic N) is 3. The molecule has 0 radical (unpaired) electrons. The lowest BCUT2D eigenvalue weighted by Gasteiger charge is -2.34. The first-order valence-corrected chi connectivity index (χ1v) is 14.5. The molecule has 0 aromatic heterocycles. The first kappa shape index (κ1) is 29.9. The second kappa shape index (κ2) is 14.5. The van der Waals surface area contributed by atoms with Crippen molar-refractivity contribution >= 4 is 27.7 Å². The van der Waals surface area contributed by atoms with E-state index in [9.17, 15) is 18.0 Å². The summed E-state index contributed by atoms with van der Waals surface area (Å²) in [4.78, 5) is 29.2. The van der Waals surface area contributed by atoms with Gasteiger partial charge in [-0.2, -0.15) is 12.7 Å². The van der Waals surface area contributed by atoms with Gasteiger partial charge in [0.25, 0.3) is 0 Å². The molecular weight excluding hydrogens is 512 g/mol. The van der Waals surface area contributed by atoms with E-state index < -0.39 is 28.7 Å². The predicted octanol–water partition coefficient (Wildman–Crippen LogP) is 3.86. The SMILES string of the molecule is CCCCNC(=O)C(Cc1ccccc1)N(Cc1ccccc1)C(=O)CN(c1ccccc1)S(=O)(=O)N(C)C. The third-order valence-electron chi connectivity index (χ3n) is 6.36. The van der Waals surface area contributed by atoms with E-state index in [0.29, 0.717) is 18.7 Å². The molecule has 0 heterocycles. The first-order chi connectivity index (χ1) is 18.7. The Kier molecular flexibility index (Phi) is 11.1. The maximum Gasteiger partial charge on any atom is 0.304 e. The van der Waals surface area contributed by atoms with Crippen molar-refractivity contribution in [1.29, 1.82) is 0 Å². The number of para-hydroxylation sites is 1. The molecule has 1 unspecified atom stereocenters. The van der Waals surface area contributed by atoms with Crippen LogP contribution in [0.5, 0.6) is 0 Å². The van der Waals surface area contributed by atoms with Gasteiger partial charge < -0.3 is 10.2 Å². The molecule has 8 nitrogen and oxygen atoms in total. The summed E-state index contributed by atoms with van der Waals surface area (Å²) in [6, 6.07) is 26.6. The summed E-state index contributed by atoms with van der Waals surface area (Å²) >= 11 is 0. The number of nitrogens with one attached hydrogen (secondary N) is 1. The maximum atomic E-state index is 14.1. The number of hydrogen-bond donors (Lipinski definition) is 1. The third-order valence-corrected chi connectivity index (χ3v) is 8.18. The van der Waals surface area contributed by atoms with Crippen molar-refractivity contribution in [2.45, 2.75) is 38.8 Å². The molecule has 0 bridgehead atoms. The largest absolute Gasteiger partial charge is 0.354 e. The molecule has 1 atom stereocenters. The lowest BCUT2D eigenvalue weighted by Crippen LogP contribution is -2.54. The van der Waals surface area contributed by atoms with Gasteiger partial charge in [0.15, 0.2) is 0 Å². The Hall–Kier alpha value is -3.69. The number of carbonyl (C=O) groups excluding carboxylic acids is 2. The van der Waals surface area contributed by atoms with Crippen LogP contribution in [0.3, 0.4) is 0 Å². The van der Waals surface area contributed by atoms with Gasteiger partial charge in [0.05, 0.1) is 5.69 Å². The number of hydrogen-bond acceptors (Lipinski definition) is 4. The quantitative estimate of drug-likeness (QED) is 0.309. The average Bonchev–Trinajstić information content (AvgIpc) is 2.95. The standard InChI is InChI=1S/C30H38N4O4S/c1-4-5-21-31-30(36)28(22-25-15-9-6-10-16-25)33(23-26-17-11-7-12-18-26)29(35)24-34(39(37,38)32(2)3)27-19-13-8-14-20-27/h6-20,28H,4-5,21-24H2,1-3H3,(H,31,36). The van der Waals surface area contributed by atoms with Crippen molar-refractivity contribution in [3.8, 4) is 0 Å². The topological polar surface area (TPSA) is 90.0 Å². The van der Waals surface area contributed by atoms with Gasteiger partial charge >= 0.3 is 10.2 Å². The van der Waals surface area contributed by atoms with Crippen LogP contribution in [0.25, 0.3) is 0 Å². The highest BCUT2D eigenvalue weighted by molar-refractivity contribution is 7.90. The molecule has 3 rings (SSSR count). The van der Waals surface area contributed by atoms with E-state index >= 15 is 0 Å². The number of anilines is 1. The van der Waals surface area contributed by atoms with Crippen molar-refractivity contribution < 1.29 is 18.0 Å². The van der Waals surface area contributed by atoms with Gasteiger partial charge in [0, 0.05) is 33.6 Å². The van der Waals surface area contributed by atoms with Gasteiger partial charge in [0.2, 0.25) is 11.8 Å². The van der Waals surface area contributed by atoms with E-state index in [1.807, 2.05) is 67.6 Å². The molecule has 0 aliphatic carbocycles. The minimum atomic E-state index is -4.00. The second-order valence-electron chi connectivity index (χ2n) is 9.49. The van der Waals surface area contributed by atoms with Gasteiger partial charge in [-0.3, -0.25) is 9.59 Å². The van der Waals surface area contributed by atoms with E-state index in [4.69, 9.17) is 0 Å². The van der Waals surface area contributed by atoms with Crippen LogP contribution < -0.4 is 9.62 Å². The van der Waals surface area contributed by atoms with Crippen molar-refractivity contribution in [2.75, 3.05) is 31.5 Å². The van der Waals surface area contributed by atoms with Crippen LogP contribution in [0.1, 0.15) is 30.9 Å². The van der Waals surface area contributed by atoms with Crippen molar-refractivity contribution in [2.24, 2.45) is 0 Å². The molecule has 2 amide bonds. The smallest absolute Gasteiger partial charge is 0.304 e. The van der Waals surface area contributed by atoms with E-state index in [1.165, 1.54) is 19.0 Å². The van der Waals surface area contributed by atoms with Gasteiger partial charge in [-0.1, -0.05) is 92.2 Å². The predicted molar refractivity (Wildman–Crippen MR) is 155 cm³/mol. The summed E-state index contributed by atoms with van der Waals surface area (Å²) in [6.07, 6.45) is 2.03. The van der Waals surface area contributed by atoms with Crippen LogP contribution in [0.2, 0.25) is 0 Å². The monoisotopic (exact) mass is 550 g/mol. The van der Waals surface area contributed by atoms with Crippen LogP contribution in [0.15, 0.2) is 91.0 Å². The molecule has 0 aliphatic rings. The second-order valence-corrected chi connectivity index (χ2v) is 11.6. The molecule has 0 saturated heterocycles. The van der Waals surface area contributed by atoms with Gasteiger partial charge in [-0.25, -0.2) is 4.31 Å². The summed E-state index contributed by atoms with van der Waals surface area (Å²) in [7, 11) is -1.14. The van der Waals surface area contributed by atoms with Crippen LogP contribution >= 0.6 is 0 Å². The van der Waals surface area contributed by atoms with Crippen molar-refractivity contribution in [3.63, 3.8) is 0 Å². The molecule has 9 heteroatoms. The first-order valence-electron chi connectivity index (χ1n) is 13.1. The number of carbonyl (C=O) groups is 2. The Morgan fingerprint density at radius 2 is 1.36 bits per heavy atom. The summed E-state index contributed by atoms with van der Waals surface area (Å²) < 4.78 is 28.8. The van der Waals surface area contributed by atoms with Crippen molar-refractivity contribution in [3.05, 3.63) is 102 Å². The molecule has 3 aromatic rings. The van der Waals surface area contributed by atoms with Gasteiger partial charge in [-0.15, -0.1) is 0 Å². The van der Waals surface area contributed by atoms with Crippen LogP contribution in [-0.2, 0) is 32.8 Å². The van der Waals surface area contributed by atoms with Crippen LogP contribution in [-0.4, -0.2) is 62.7 Å². The lowest BCUT2D eigenvalue weighted by atomic mass is 10.0. The normalized spacial score (nSPS) is 12.1. The Labute approximate surface area is 232 Å². The zero-order chi connectivity index (χ0) is 28.3. The van der Waals surface area contributed by atoms with E-state index in [0.717, 1.165) is 32.6 Å². The lowest BCUT2D eigenvalue weighted by molar-refractivity contribution is -0.140. The molecule has 0 fully saturated rings. The van der Waals surface area contributed by atoms with Crippen LogP contribution in [0, 0.1) is 0 Å². The summed E-state index contributed by atoms with van der Waals surface area (Å²) in [5, 5.41) is 2.99. The Bertz CT molecular complexity index is 1290. The average molecular weight is 551 g/mol. The highest BCUT2D eigenvalue weighted by Gasteiger charge is 2.34. The molecule has 208 valence electrons. The van der Waals surface area contributed by atoms with E-state index in [2.05, 4.69) is 5.32 Å². The third kappa shape index (κ3) is 8.40. The fourth-order valence-electron chi connectivity index (χ4n) is 4.15. The zero-order valence-corrected chi connectivity index (χ0v) is 23.7. The molecule has 3 aromatic carbocycles. The van der Waals surface area contributed by atoms with Gasteiger partial charge in [-0.05, 0) is 29.7 Å². The molecule has 39 heavy (non-hydrogen) atoms. The Morgan fingerprint density at radius 3 is 1.90 bits per heavy atom. The van der Waals surface area contributed by atoms with Crippen molar-refractivity contribution in [1.82, 2.24) is 14.5 Å². The summed E-state index contributed by atoms with van der Waals surface area (Å²) in [6.45, 7) is 2.25. The molecular formula is C30H38N4O4S. The number of amides is 2. The Balaban J connectivity index is 2.03. The fraction of sp³-hybridized carbons (Fsp3) is 0.333. The highest BCUT2D eigenvalue weighted by atomic mass is 32.2. The number of benzene rings is 3. The minimum Gasteiger partial charge on any atom is -0.354 e. The fourth-order valence-corrected chi connectivity index (χ4v) is 5.21. The van der Waals surface area contributed by atoms with Gasteiger partial charge in [0.1, 0.15) is 12.6 Å².